The molecule has 0 radical (unpaired) electrons. The molecule has 0 bridgehead atoms. The van der Waals surface area contributed by atoms with Gasteiger partial charge in [-0.1, -0.05) is 36.4 Å². The zero-order valence-electron chi connectivity index (χ0n) is 20.4. The van der Waals surface area contributed by atoms with Crippen LogP contribution in [0.3, 0.4) is 0 Å². The number of aryl methyl sites for hydroxylation is 1. The van der Waals surface area contributed by atoms with Crippen molar-refractivity contribution in [2.75, 3.05) is 13.2 Å². The van der Waals surface area contributed by atoms with Gasteiger partial charge in [0.1, 0.15) is 17.3 Å². The van der Waals surface area contributed by atoms with Crippen LogP contribution in [-0.4, -0.2) is 50.7 Å². The minimum absolute atomic E-state index is 0.276. The number of nitrogens with zero attached hydrogens (tertiary/aromatic N) is 3. The van der Waals surface area contributed by atoms with E-state index in [1.165, 1.54) is 12.1 Å². The number of aliphatic hydroxyl groups excluding tert-OH is 1. The topological polar surface area (TPSA) is 59.8 Å². The highest BCUT2D eigenvalue weighted by molar-refractivity contribution is 5.65. The molecule has 4 rings (SSSR count). The van der Waals surface area contributed by atoms with Gasteiger partial charge in [0, 0.05) is 37.8 Å². The molecule has 1 heterocycles. The van der Waals surface area contributed by atoms with Crippen LogP contribution in [0, 0.1) is 5.82 Å². The summed E-state index contributed by atoms with van der Waals surface area (Å²) >= 11 is 0. The number of hydrogen-bond acceptors (Lipinski definition) is 5. The van der Waals surface area contributed by atoms with Gasteiger partial charge < -0.3 is 14.6 Å². The SMILES string of the molecule is Cn1nc(-c2ccccc2)c(CN(C[C@H](O)COC(C)(C)C)C2CC2)c1Oc1cccc(F)c1. The van der Waals surface area contributed by atoms with Crippen LogP contribution in [-0.2, 0) is 18.3 Å². The van der Waals surface area contributed by atoms with E-state index in [1.807, 2.05) is 58.2 Å². The van der Waals surface area contributed by atoms with Crippen molar-refractivity contribution in [2.24, 2.45) is 7.05 Å². The number of rotatable bonds is 10. The average molecular weight is 468 g/mol. The Hall–Kier alpha value is -2.74. The average Bonchev–Trinajstić information content (AvgIpc) is 3.59. The van der Waals surface area contributed by atoms with Gasteiger partial charge in [-0.15, -0.1) is 0 Å². The first-order valence-corrected chi connectivity index (χ1v) is 11.8. The zero-order chi connectivity index (χ0) is 24.3. The van der Waals surface area contributed by atoms with E-state index < -0.39 is 6.10 Å². The maximum atomic E-state index is 13.8. The zero-order valence-corrected chi connectivity index (χ0v) is 20.4. The monoisotopic (exact) mass is 467 g/mol. The Balaban J connectivity index is 1.63. The third kappa shape index (κ3) is 6.44. The molecule has 1 atom stereocenters. The second-order valence-corrected chi connectivity index (χ2v) is 9.92. The van der Waals surface area contributed by atoms with Crippen LogP contribution in [0.25, 0.3) is 11.3 Å². The fraction of sp³-hybridized carbons (Fsp3) is 0.444. The van der Waals surface area contributed by atoms with E-state index in [0.29, 0.717) is 30.8 Å². The van der Waals surface area contributed by atoms with Gasteiger partial charge in [0.2, 0.25) is 5.88 Å². The van der Waals surface area contributed by atoms with E-state index >= 15 is 0 Å². The molecule has 7 heteroatoms. The summed E-state index contributed by atoms with van der Waals surface area (Å²) in [6.45, 7) is 7.27. The summed E-state index contributed by atoms with van der Waals surface area (Å²) < 4.78 is 27.5. The predicted molar refractivity (Wildman–Crippen MR) is 130 cm³/mol. The van der Waals surface area contributed by atoms with Crippen LogP contribution in [0.15, 0.2) is 54.6 Å². The molecule has 1 aliphatic carbocycles. The van der Waals surface area contributed by atoms with E-state index in [-0.39, 0.29) is 18.0 Å². The van der Waals surface area contributed by atoms with Crippen LogP contribution >= 0.6 is 0 Å². The van der Waals surface area contributed by atoms with Crippen molar-refractivity contribution in [3.63, 3.8) is 0 Å². The molecule has 182 valence electrons. The van der Waals surface area contributed by atoms with E-state index in [0.717, 1.165) is 29.7 Å². The van der Waals surface area contributed by atoms with Crippen molar-refractivity contribution in [3.8, 4) is 22.9 Å². The Morgan fingerprint density at radius 1 is 1.15 bits per heavy atom. The van der Waals surface area contributed by atoms with Gasteiger partial charge >= 0.3 is 0 Å². The van der Waals surface area contributed by atoms with Gasteiger partial charge in [-0.3, -0.25) is 4.90 Å². The Morgan fingerprint density at radius 2 is 1.88 bits per heavy atom. The van der Waals surface area contributed by atoms with E-state index in [9.17, 15) is 9.50 Å². The van der Waals surface area contributed by atoms with Crippen LogP contribution in [0.5, 0.6) is 11.6 Å². The van der Waals surface area contributed by atoms with E-state index in [2.05, 4.69) is 4.90 Å². The number of aromatic nitrogens is 2. The summed E-state index contributed by atoms with van der Waals surface area (Å²) in [5.41, 5.74) is 2.41. The smallest absolute Gasteiger partial charge is 0.222 e. The highest BCUT2D eigenvalue weighted by Crippen LogP contribution is 2.37. The van der Waals surface area contributed by atoms with Crippen molar-refractivity contribution in [1.82, 2.24) is 14.7 Å². The summed E-state index contributed by atoms with van der Waals surface area (Å²) in [5, 5.41) is 15.5. The van der Waals surface area contributed by atoms with Crippen molar-refractivity contribution in [2.45, 2.75) is 57.9 Å². The van der Waals surface area contributed by atoms with Gasteiger partial charge in [-0.2, -0.15) is 5.10 Å². The lowest BCUT2D eigenvalue weighted by Gasteiger charge is -2.27. The van der Waals surface area contributed by atoms with Crippen LogP contribution in [0.4, 0.5) is 4.39 Å². The molecule has 0 unspecified atom stereocenters. The Bertz CT molecular complexity index is 1090. The molecule has 0 saturated heterocycles. The van der Waals surface area contributed by atoms with Crippen molar-refractivity contribution in [1.29, 1.82) is 0 Å². The Kier molecular flexibility index (Phi) is 7.36. The van der Waals surface area contributed by atoms with E-state index in [1.54, 1.807) is 16.8 Å². The molecule has 1 saturated carbocycles. The standard InChI is InChI=1S/C27H34FN3O3/c1-27(2,3)33-18-22(32)16-31(21-13-14-21)17-24-25(19-9-6-5-7-10-19)29-30(4)26(24)34-23-12-8-11-20(28)15-23/h5-12,15,21-22,32H,13-14,16-18H2,1-4H3/t22-/m0/s1. The summed E-state index contributed by atoms with van der Waals surface area (Å²) in [6, 6.07) is 16.5. The molecule has 1 aromatic heterocycles. The molecule has 1 fully saturated rings. The fourth-order valence-corrected chi connectivity index (χ4v) is 3.95. The fourth-order valence-electron chi connectivity index (χ4n) is 3.95. The summed E-state index contributed by atoms with van der Waals surface area (Å²) in [5.74, 6) is 0.627. The molecule has 34 heavy (non-hydrogen) atoms. The Morgan fingerprint density at radius 3 is 2.53 bits per heavy atom. The number of hydrogen-bond donors (Lipinski definition) is 1. The molecular weight excluding hydrogens is 433 g/mol. The van der Waals surface area contributed by atoms with Crippen molar-refractivity contribution < 1.29 is 19.0 Å². The minimum atomic E-state index is -0.607. The van der Waals surface area contributed by atoms with Gasteiger partial charge in [0.05, 0.1) is 23.9 Å². The normalized spacial score (nSPS) is 15.0. The lowest BCUT2D eigenvalue weighted by atomic mass is 10.1. The van der Waals surface area contributed by atoms with E-state index in [4.69, 9.17) is 14.6 Å². The second-order valence-electron chi connectivity index (χ2n) is 9.92. The summed E-state index contributed by atoms with van der Waals surface area (Å²) in [7, 11) is 1.83. The van der Waals surface area contributed by atoms with Gasteiger partial charge in [0.25, 0.3) is 0 Å². The molecule has 2 aromatic carbocycles. The molecule has 0 amide bonds. The Labute approximate surface area is 200 Å². The van der Waals surface area contributed by atoms with Crippen molar-refractivity contribution >= 4 is 0 Å². The molecule has 0 spiro atoms. The first-order chi connectivity index (χ1) is 16.2. The highest BCUT2D eigenvalue weighted by Gasteiger charge is 2.33. The molecule has 0 aliphatic heterocycles. The first-order valence-electron chi connectivity index (χ1n) is 11.8. The summed E-state index contributed by atoms with van der Waals surface area (Å²) in [6.07, 6.45) is 1.58. The minimum Gasteiger partial charge on any atom is -0.439 e. The molecular formula is C27H34FN3O3. The third-order valence-corrected chi connectivity index (χ3v) is 5.72. The lowest BCUT2D eigenvalue weighted by molar-refractivity contribution is -0.0572. The van der Waals surface area contributed by atoms with Crippen molar-refractivity contribution in [3.05, 3.63) is 66.0 Å². The summed E-state index contributed by atoms with van der Waals surface area (Å²) in [4.78, 5) is 2.28. The number of aliphatic hydroxyl groups is 1. The van der Waals surface area contributed by atoms with Gasteiger partial charge in [-0.05, 0) is 45.7 Å². The first kappa shape index (κ1) is 24.4. The van der Waals surface area contributed by atoms with Crippen LogP contribution in [0.2, 0.25) is 0 Å². The highest BCUT2D eigenvalue weighted by atomic mass is 19.1. The van der Waals surface area contributed by atoms with Gasteiger partial charge in [-0.25, -0.2) is 9.07 Å². The predicted octanol–water partition coefficient (Wildman–Crippen LogP) is 5.16. The quantitative estimate of drug-likeness (QED) is 0.446. The van der Waals surface area contributed by atoms with Crippen LogP contribution < -0.4 is 4.74 Å². The molecule has 1 N–H and O–H groups in total. The van der Waals surface area contributed by atoms with Gasteiger partial charge in [0.15, 0.2) is 0 Å². The number of ether oxygens (including phenoxy) is 2. The maximum absolute atomic E-state index is 13.8. The molecule has 1 aliphatic rings. The number of benzene rings is 2. The third-order valence-electron chi connectivity index (χ3n) is 5.72. The maximum Gasteiger partial charge on any atom is 0.222 e. The molecule has 3 aromatic rings. The second kappa shape index (κ2) is 10.3. The van der Waals surface area contributed by atoms with Crippen LogP contribution in [0.1, 0.15) is 39.2 Å². The largest absolute Gasteiger partial charge is 0.439 e. The number of halogens is 1. The lowest BCUT2D eigenvalue weighted by Crippen LogP contribution is -2.37. The molecule has 6 nitrogen and oxygen atoms in total.